The van der Waals surface area contributed by atoms with Crippen molar-refractivity contribution in [1.82, 2.24) is 10.2 Å². The predicted molar refractivity (Wildman–Crippen MR) is 159 cm³/mol. The molecule has 2 atom stereocenters. The summed E-state index contributed by atoms with van der Waals surface area (Å²) in [6.07, 6.45) is 5.14. The molecule has 0 aliphatic heterocycles. The van der Waals surface area contributed by atoms with Gasteiger partial charge in [-0.05, 0) is 75.9 Å². The van der Waals surface area contributed by atoms with Crippen LogP contribution in [0.1, 0.15) is 90.8 Å². The molecular weight excluding hydrogens is 506 g/mol. The highest BCUT2D eigenvalue weighted by Crippen LogP contribution is 2.26. The number of hydrogen-bond donors (Lipinski definition) is 2. The summed E-state index contributed by atoms with van der Waals surface area (Å²) in [7, 11) is 1.58. The molecule has 2 unspecified atom stereocenters. The first-order chi connectivity index (χ1) is 19.0. The van der Waals surface area contributed by atoms with Gasteiger partial charge in [0.1, 0.15) is 23.4 Å². The molecule has 2 rings (SSSR count). The van der Waals surface area contributed by atoms with Gasteiger partial charge in [-0.1, -0.05) is 63.8 Å². The minimum atomic E-state index is -0.894. The molecule has 2 aromatic carbocycles. The van der Waals surface area contributed by atoms with Crippen molar-refractivity contribution < 1.29 is 23.9 Å². The largest absolute Gasteiger partial charge is 0.497 e. The van der Waals surface area contributed by atoms with Crippen molar-refractivity contribution in [3.05, 3.63) is 59.7 Å². The van der Waals surface area contributed by atoms with E-state index in [1.807, 2.05) is 24.3 Å². The maximum absolute atomic E-state index is 13.9. The fourth-order valence-electron chi connectivity index (χ4n) is 4.34. The number of unbranched alkanes of at least 4 members (excludes halogenated alkanes) is 4. The number of anilines is 1. The van der Waals surface area contributed by atoms with Crippen LogP contribution in [0.15, 0.2) is 48.5 Å². The minimum Gasteiger partial charge on any atom is -0.497 e. The standard InChI is InChI=1S/C32H47N3O5/c1-8-10-11-12-13-22-35(30(37)23(3)33-31(38)40-32(4,5)6)28(25-16-14-24(9-2)15-17-25)29(36)34-26-18-20-27(39-7)21-19-26/h14-21,23,28H,8-13,22H2,1-7H3,(H,33,38)(H,34,36). The summed E-state index contributed by atoms with van der Waals surface area (Å²) in [6.45, 7) is 11.5. The normalized spacial score (nSPS) is 12.7. The quantitative estimate of drug-likeness (QED) is 0.255. The van der Waals surface area contributed by atoms with Crippen LogP contribution in [-0.4, -0.2) is 48.1 Å². The van der Waals surface area contributed by atoms with Crippen LogP contribution in [-0.2, 0) is 20.7 Å². The average molecular weight is 554 g/mol. The first kappa shape index (κ1) is 32.7. The molecule has 40 heavy (non-hydrogen) atoms. The van der Waals surface area contributed by atoms with Crippen LogP contribution >= 0.6 is 0 Å². The second-order valence-corrected chi connectivity index (χ2v) is 11.0. The lowest BCUT2D eigenvalue weighted by atomic mass is 10.00. The lowest BCUT2D eigenvalue weighted by molar-refractivity contribution is -0.140. The molecule has 0 spiro atoms. The van der Waals surface area contributed by atoms with E-state index in [1.54, 1.807) is 64.0 Å². The second kappa shape index (κ2) is 15.9. The molecule has 2 aromatic rings. The van der Waals surface area contributed by atoms with E-state index in [2.05, 4.69) is 24.5 Å². The van der Waals surface area contributed by atoms with Crippen LogP contribution in [0.4, 0.5) is 10.5 Å². The summed E-state index contributed by atoms with van der Waals surface area (Å²) in [5.74, 6) is -0.00720. The fraction of sp³-hybridized carbons (Fsp3) is 0.531. The Morgan fingerprint density at radius 3 is 2.08 bits per heavy atom. The third-order valence-corrected chi connectivity index (χ3v) is 6.51. The number of ether oxygens (including phenoxy) is 2. The number of carbonyl (C=O) groups excluding carboxylic acids is 3. The number of nitrogens with one attached hydrogen (secondary N) is 2. The number of alkyl carbamates (subject to hydrolysis) is 1. The highest BCUT2D eigenvalue weighted by atomic mass is 16.6. The van der Waals surface area contributed by atoms with E-state index in [4.69, 9.17) is 9.47 Å². The van der Waals surface area contributed by atoms with Crippen molar-refractivity contribution in [2.45, 2.75) is 97.8 Å². The first-order valence-electron chi connectivity index (χ1n) is 14.3. The van der Waals surface area contributed by atoms with Gasteiger partial charge in [-0.15, -0.1) is 0 Å². The third kappa shape index (κ3) is 10.5. The van der Waals surface area contributed by atoms with Gasteiger partial charge in [0.05, 0.1) is 7.11 Å². The van der Waals surface area contributed by atoms with E-state index < -0.39 is 23.8 Å². The molecule has 0 fully saturated rings. The Morgan fingerprint density at radius 2 is 1.52 bits per heavy atom. The monoisotopic (exact) mass is 553 g/mol. The zero-order chi connectivity index (χ0) is 29.7. The number of aryl methyl sites for hydroxylation is 1. The summed E-state index contributed by atoms with van der Waals surface area (Å²) in [5.41, 5.74) is 1.73. The molecule has 220 valence electrons. The number of hydrogen-bond acceptors (Lipinski definition) is 5. The van der Waals surface area contributed by atoms with Gasteiger partial charge in [-0.3, -0.25) is 9.59 Å². The number of nitrogens with zero attached hydrogens (tertiary/aromatic N) is 1. The maximum Gasteiger partial charge on any atom is 0.408 e. The Balaban J connectivity index is 2.42. The topological polar surface area (TPSA) is 97.0 Å². The molecule has 2 N–H and O–H groups in total. The van der Waals surface area contributed by atoms with E-state index in [9.17, 15) is 14.4 Å². The van der Waals surface area contributed by atoms with E-state index in [1.165, 1.54) is 0 Å². The summed E-state index contributed by atoms with van der Waals surface area (Å²) < 4.78 is 10.6. The van der Waals surface area contributed by atoms with Crippen LogP contribution < -0.4 is 15.4 Å². The lowest BCUT2D eigenvalue weighted by Crippen LogP contribution is -2.51. The zero-order valence-corrected chi connectivity index (χ0v) is 25.2. The van der Waals surface area contributed by atoms with Crippen LogP contribution in [0.3, 0.4) is 0 Å². The summed E-state index contributed by atoms with van der Waals surface area (Å²) in [6, 6.07) is 13.0. The Morgan fingerprint density at radius 1 is 0.900 bits per heavy atom. The van der Waals surface area contributed by atoms with E-state index in [-0.39, 0.29) is 11.8 Å². The molecule has 3 amide bonds. The van der Waals surface area contributed by atoms with Gasteiger partial charge in [-0.25, -0.2) is 4.79 Å². The molecular formula is C32H47N3O5. The minimum absolute atomic E-state index is 0.333. The Labute approximate surface area is 239 Å². The van der Waals surface area contributed by atoms with Crippen LogP contribution in [0.25, 0.3) is 0 Å². The molecule has 8 nitrogen and oxygen atoms in total. The predicted octanol–water partition coefficient (Wildman–Crippen LogP) is 6.65. The number of methoxy groups -OCH3 is 1. The second-order valence-electron chi connectivity index (χ2n) is 11.0. The van der Waals surface area contributed by atoms with E-state index >= 15 is 0 Å². The average Bonchev–Trinajstić information content (AvgIpc) is 2.91. The Kier molecular flexibility index (Phi) is 13.0. The number of amides is 3. The molecule has 0 radical (unpaired) electrons. The van der Waals surface area contributed by atoms with Gasteiger partial charge >= 0.3 is 6.09 Å². The van der Waals surface area contributed by atoms with Gasteiger partial charge in [-0.2, -0.15) is 0 Å². The highest BCUT2D eigenvalue weighted by Gasteiger charge is 2.34. The Hall–Kier alpha value is -3.55. The molecule has 0 aliphatic carbocycles. The van der Waals surface area contributed by atoms with Gasteiger partial charge in [0.25, 0.3) is 5.91 Å². The van der Waals surface area contributed by atoms with Crippen molar-refractivity contribution in [2.75, 3.05) is 19.0 Å². The molecule has 0 heterocycles. The molecule has 0 saturated carbocycles. The highest BCUT2D eigenvalue weighted by molar-refractivity contribution is 5.99. The molecule has 0 bridgehead atoms. The summed E-state index contributed by atoms with van der Waals surface area (Å²) in [4.78, 5) is 41.9. The van der Waals surface area contributed by atoms with Crippen molar-refractivity contribution in [3.8, 4) is 5.75 Å². The Bertz CT molecular complexity index is 1080. The van der Waals surface area contributed by atoms with Crippen LogP contribution in [0.2, 0.25) is 0 Å². The van der Waals surface area contributed by atoms with E-state index in [0.717, 1.165) is 44.1 Å². The first-order valence-corrected chi connectivity index (χ1v) is 14.3. The van der Waals surface area contributed by atoms with Crippen molar-refractivity contribution >= 4 is 23.6 Å². The number of rotatable bonds is 14. The summed E-state index contributed by atoms with van der Waals surface area (Å²) >= 11 is 0. The molecule has 8 heteroatoms. The smallest absolute Gasteiger partial charge is 0.408 e. The number of carbonyl (C=O) groups is 3. The van der Waals surface area contributed by atoms with E-state index in [0.29, 0.717) is 23.5 Å². The molecule has 0 saturated heterocycles. The maximum atomic E-state index is 13.9. The molecule has 0 aliphatic rings. The van der Waals surface area contributed by atoms with Gasteiger partial charge in [0.15, 0.2) is 0 Å². The fourth-order valence-corrected chi connectivity index (χ4v) is 4.34. The third-order valence-electron chi connectivity index (χ3n) is 6.51. The van der Waals surface area contributed by atoms with Gasteiger partial charge < -0.3 is 25.0 Å². The van der Waals surface area contributed by atoms with Crippen molar-refractivity contribution in [1.29, 1.82) is 0 Å². The van der Waals surface area contributed by atoms with Crippen LogP contribution in [0.5, 0.6) is 5.75 Å². The lowest BCUT2D eigenvalue weighted by Gasteiger charge is -2.34. The van der Waals surface area contributed by atoms with Gasteiger partial charge in [0.2, 0.25) is 5.91 Å². The molecule has 0 aromatic heterocycles. The summed E-state index contributed by atoms with van der Waals surface area (Å²) in [5, 5.41) is 5.63. The van der Waals surface area contributed by atoms with Crippen LogP contribution in [0, 0.1) is 0 Å². The van der Waals surface area contributed by atoms with Gasteiger partial charge in [0, 0.05) is 12.2 Å². The zero-order valence-electron chi connectivity index (χ0n) is 25.2. The van der Waals surface area contributed by atoms with Crippen molar-refractivity contribution in [3.63, 3.8) is 0 Å². The number of benzene rings is 2. The SMILES string of the molecule is CCCCCCCN(C(=O)C(C)NC(=O)OC(C)(C)C)C(C(=O)Nc1ccc(OC)cc1)c1ccc(CC)cc1. The van der Waals surface area contributed by atoms with Crippen molar-refractivity contribution in [2.24, 2.45) is 0 Å².